The number of nitrogens with one attached hydrogen (secondary N) is 1. The highest BCUT2D eigenvalue weighted by atomic mass is 16.5. The largest absolute Gasteiger partial charge is 0.381 e. The van der Waals surface area contributed by atoms with E-state index >= 15 is 0 Å². The van der Waals surface area contributed by atoms with Gasteiger partial charge in [-0.05, 0) is 48.8 Å². The molecular weight excluding hydrogens is 226 g/mol. The Morgan fingerprint density at radius 2 is 2.28 bits per heavy atom. The number of hydrogen-bond donors (Lipinski definition) is 2. The highest BCUT2D eigenvalue weighted by Crippen LogP contribution is 2.28. The first-order chi connectivity index (χ1) is 8.85. The maximum absolute atomic E-state index is 5.74. The Balaban J connectivity index is 2.07. The van der Waals surface area contributed by atoms with E-state index in [1.807, 2.05) is 12.4 Å². The van der Waals surface area contributed by atoms with Crippen LogP contribution < -0.4 is 11.3 Å². The van der Waals surface area contributed by atoms with E-state index in [4.69, 9.17) is 10.6 Å². The van der Waals surface area contributed by atoms with Gasteiger partial charge in [-0.25, -0.2) is 0 Å². The molecule has 100 valence electrons. The summed E-state index contributed by atoms with van der Waals surface area (Å²) < 4.78 is 5.40. The number of nitrogens with two attached hydrogens (primary N) is 1. The fraction of sp³-hybridized carbons (Fsp3) is 0.643. The summed E-state index contributed by atoms with van der Waals surface area (Å²) in [5.74, 6) is 6.45. The molecule has 0 bridgehead atoms. The SMILES string of the molecule is CCc1cnccc1C(CC1CCOCC1)NN. The Morgan fingerprint density at radius 1 is 1.50 bits per heavy atom. The Kier molecular flexibility index (Phi) is 5.11. The lowest BCUT2D eigenvalue weighted by atomic mass is 9.88. The van der Waals surface area contributed by atoms with Gasteiger partial charge in [0.25, 0.3) is 0 Å². The zero-order valence-corrected chi connectivity index (χ0v) is 11.1. The molecule has 1 aliphatic heterocycles. The summed E-state index contributed by atoms with van der Waals surface area (Å²) in [6.07, 6.45) is 8.16. The third kappa shape index (κ3) is 3.28. The van der Waals surface area contributed by atoms with Crippen LogP contribution in [0.25, 0.3) is 0 Å². The molecule has 4 heteroatoms. The standard InChI is InChI=1S/C14H23N3O/c1-2-12-10-16-6-3-13(12)14(17-15)9-11-4-7-18-8-5-11/h3,6,10-11,14,17H,2,4-5,7-9,15H2,1H3. The van der Waals surface area contributed by atoms with E-state index in [2.05, 4.69) is 23.4 Å². The van der Waals surface area contributed by atoms with Gasteiger partial charge < -0.3 is 4.74 Å². The second-order valence-electron chi connectivity index (χ2n) is 4.94. The second kappa shape index (κ2) is 6.83. The van der Waals surface area contributed by atoms with E-state index in [9.17, 15) is 0 Å². The smallest absolute Gasteiger partial charge is 0.0468 e. The predicted octanol–water partition coefficient (Wildman–Crippen LogP) is 1.97. The van der Waals surface area contributed by atoms with Crippen molar-refractivity contribution in [1.29, 1.82) is 0 Å². The minimum atomic E-state index is 0.228. The zero-order valence-electron chi connectivity index (χ0n) is 11.1. The molecule has 0 amide bonds. The number of aryl methyl sites for hydroxylation is 1. The van der Waals surface area contributed by atoms with Crippen molar-refractivity contribution >= 4 is 0 Å². The van der Waals surface area contributed by atoms with Gasteiger partial charge in [-0.15, -0.1) is 0 Å². The van der Waals surface area contributed by atoms with Crippen LogP contribution in [-0.4, -0.2) is 18.2 Å². The highest BCUT2D eigenvalue weighted by molar-refractivity contribution is 5.26. The number of hydrazine groups is 1. The van der Waals surface area contributed by atoms with E-state index in [1.165, 1.54) is 11.1 Å². The Labute approximate surface area is 109 Å². The van der Waals surface area contributed by atoms with Crippen LogP contribution >= 0.6 is 0 Å². The van der Waals surface area contributed by atoms with Crippen LogP contribution in [0.15, 0.2) is 18.5 Å². The fourth-order valence-corrected chi connectivity index (χ4v) is 2.67. The summed E-state index contributed by atoms with van der Waals surface area (Å²) in [7, 11) is 0. The summed E-state index contributed by atoms with van der Waals surface area (Å²) in [6, 6.07) is 2.31. The minimum absolute atomic E-state index is 0.228. The molecule has 0 saturated carbocycles. The molecule has 2 heterocycles. The van der Waals surface area contributed by atoms with Crippen molar-refractivity contribution in [2.75, 3.05) is 13.2 Å². The second-order valence-corrected chi connectivity index (χ2v) is 4.94. The third-order valence-corrected chi connectivity index (χ3v) is 3.81. The lowest BCUT2D eigenvalue weighted by molar-refractivity contribution is 0.0605. The summed E-state index contributed by atoms with van der Waals surface area (Å²) >= 11 is 0. The molecule has 0 aromatic carbocycles. The van der Waals surface area contributed by atoms with Crippen molar-refractivity contribution in [1.82, 2.24) is 10.4 Å². The van der Waals surface area contributed by atoms with Crippen molar-refractivity contribution in [3.05, 3.63) is 29.6 Å². The maximum atomic E-state index is 5.74. The van der Waals surface area contributed by atoms with Gasteiger partial charge in [-0.3, -0.25) is 16.3 Å². The quantitative estimate of drug-likeness (QED) is 0.618. The Bertz CT molecular complexity index is 364. The molecule has 1 unspecified atom stereocenters. The molecule has 2 rings (SSSR count). The van der Waals surface area contributed by atoms with Gasteiger partial charge >= 0.3 is 0 Å². The monoisotopic (exact) mass is 249 g/mol. The molecule has 1 atom stereocenters. The highest BCUT2D eigenvalue weighted by Gasteiger charge is 2.21. The van der Waals surface area contributed by atoms with Crippen LogP contribution in [0, 0.1) is 5.92 Å². The van der Waals surface area contributed by atoms with Crippen molar-refractivity contribution in [2.24, 2.45) is 11.8 Å². The van der Waals surface area contributed by atoms with Gasteiger partial charge in [-0.1, -0.05) is 6.92 Å². The molecule has 4 nitrogen and oxygen atoms in total. The van der Waals surface area contributed by atoms with Gasteiger partial charge in [0.2, 0.25) is 0 Å². The van der Waals surface area contributed by atoms with Crippen LogP contribution in [0.4, 0.5) is 0 Å². The zero-order chi connectivity index (χ0) is 12.8. The van der Waals surface area contributed by atoms with Gasteiger partial charge in [-0.2, -0.15) is 0 Å². The lowest BCUT2D eigenvalue weighted by Gasteiger charge is -2.27. The molecule has 0 radical (unpaired) electrons. The fourth-order valence-electron chi connectivity index (χ4n) is 2.67. The topological polar surface area (TPSA) is 60.2 Å². The van der Waals surface area contributed by atoms with E-state index in [1.54, 1.807) is 0 Å². The van der Waals surface area contributed by atoms with E-state index in [-0.39, 0.29) is 6.04 Å². The summed E-state index contributed by atoms with van der Waals surface area (Å²) in [4.78, 5) is 4.19. The molecule has 1 aromatic heterocycles. The normalized spacial score (nSPS) is 18.8. The van der Waals surface area contributed by atoms with Gasteiger partial charge in [0.1, 0.15) is 0 Å². The molecule has 18 heavy (non-hydrogen) atoms. The molecule has 3 N–H and O–H groups in total. The van der Waals surface area contributed by atoms with Crippen molar-refractivity contribution in [3.8, 4) is 0 Å². The van der Waals surface area contributed by atoms with Gasteiger partial charge in [0.05, 0.1) is 0 Å². The summed E-state index contributed by atoms with van der Waals surface area (Å²) in [6.45, 7) is 3.93. The molecule has 1 aromatic rings. The van der Waals surface area contributed by atoms with Crippen LogP contribution in [0.1, 0.15) is 43.4 Å². The number of nitrogens with zero attached hydrogens (tertiary/aromatic N) is 1. The van der Waals surface area contributed by atoms with E-state index < -0.39 is 0 Å². The molecule has 0 aliphatic carbocycles. The average Bonchev–Trinajstić information content (AvgIpc) is 2.46. The average molecular weight is 249 g/mol. The first-order valence-electron chi connectivity index (χ1n) is 6.81. The first kappa shape index (κ1) is 13.5. The van der Waals surface area contributed by atoms with Crippen molar-refractivity contribution in [2.45, 2.75) is 38.6 Å². The first-order valence-corrected chi connectivity index (χ1v) is 6.81. The van der Waals surface area contributed by atoms with Crippen LogP contribution in [-0.2, 0) is 11.2 Å². The summed E-state index contributed by atoms with van der Waals surface area (Å²) in [5, 5.41) is 0. The van der Waals surface area contributed by atoms with Crippen LogP contribution in [0.5, 0.6) is 0 Å². The number of aromatic nitrogens is 1. The van der Waals surface area contributed by atoms with Crippen molar-refractivity contribution in [3.63, 3.8) is 0 Å². The molecule has 1 fully saturated rings. The molecule has 1 aliphatic rings. The maximum Gasteiger partial charge on any atom is 0.0468 e. The molecule has 0 spiro atoms. The lowest BCUT2D eigenvalue weighted by Crippen LogP contribution is -2.31. The van der Waals surface area contributed by atoms with Gasteiger partial charge in [0, 0.05) is 31.6 Å². The minimum Gasteiger partial charge on any atom is -0.381 e. The number of rotatable bonds is 5. The number of hydrogen-bond acceptors (Lipinski definition) is 4. The van der Waals surface area contributed by atoms with E-state index in [0.717, 1.165) is 38.9 Å². The van der Waals surface area contributed by atoms with Crippen LogP contribution in [0.3, 0.4) is 0 Å². The number of pyridine rings is 1. The third-order valence-electron chi connectivity index (χ3n) is 3.81. The van der Waals surface area contributed by atoms with Crippen LogP contribution in [0.2, 0.25) is 0 Å². The number of ether oxygens (including phenoxy) is 1. The summed E-state index contributed by atoms with van der Waals surface area (Å²) in [5.41, 5.74) is 5.55. The predicted molar refractivity (Wildman–Crippen MR) is 71.8 cm³/mol. The van der Waals surface area contributed by atoms with Gasteiger partial charge in [0.15, 0.2) is 0 Å². The van der Waals surface area contributed by atoms with E-state index in [0.29, 0.717) is 5.92 Å². The Morgan fingerprint density at radius 3 is 2.94 bits per heavy atom. The van der Waals surface area contributed by atoms with Crippen molar-refractivity contribution < 1.29 is 4.74 Å². The molecular formula is C14H23N3O. The Hall–Kier alpha value is -0.970. The molecule has 1 saturated heterocycles.